The first kappa shape index (κ1) is 19.0. The molecule has 0 saturated heterocycles. The summed E-state index contributed by atoms with van der Waals surface area (Å²) in [6.07, 6.45) is 3.22. The number of nitriles is 1. The molecule has 138 valence electrons. The van der Waals surface area contributed by atoms with Crippen LogP contribution < -0.4 is 5.32 Å². The molecule has 0 aliphatic rings. The molecule has 0 bridgehead atoms. The Morgan fingerprint density at radius 2 is 1.96 bits per heavy atom. The lowest BCUT2D eigenvalue weighted by Crippen LogP contribution is -2.31. The third-order valence-electron chi connectivity index (χ3n) is 4.39. The third kappa shape index (κ3) is 4.50. The highest BCUT2D eigenvalue weighted by molar-refractivity contribution is 7.98. The van der Waals surface area contributed by atoms with Gasteiger partial charge in [-0.2, -0.15) is 17.0 Å². The predicted molar refractivity (Wildman–Crippen MR) is 110 cm³/mol. The Hall–Kier alpha value is -2.78. The summed E-state index contributed by atoms with van der Waals surface area (Å²) in [6, 6.07) is 19.1. The van der Waals surface area contributed by atoms with Gasteiger partial charge in [-0.15, -0.1) is 0 Å². The average Bonchev–Trinajstić information content (AvgIpc) is 3.08. The van der Waals surface area contributed by atoms with E-state index in [9.17, 15) is 4.79 Å². The average molecular weight is 379 g/mol. The summed E-state index contributed by atoms with van der Waals surface area (Å²) in [5.74, 6) is 1.60. The van der Waals surface area contributed by atoms with Gasteiger partial charge in [-0.1, -0.05) is 30.3 Å². The molecule has 3 rings (SSSR count). The van der Waals surface area contributed by atoms with Gasteiger partial charge in [0.15, 0.2) is 0 Å². The van der Waals surface area contributed by atoms with E-state index in [2.05, 4.69) is 22.2 Å². The van der Waals surface area contributed by atoms with E-state index in [0.717, 1.165) is 29.0 Å². The maximum absolute atomic E-state index is 12.7. The maximum atomic E-state index is 12.7. The molecule has 0 radical (unpaired) electrons. The lowest BCUT2D eigenvalue weighted by atomic mass is 10.1. The molecule has 5 nitrogen and oxygen atoms in total. The molecule has 0 aliphatic carbocycles. The number of carbonyl (C=O) groups excluding carboxylic acids is 1. The van der Waals surface area contributed by atoms with Crippen molar-refractivity contribution < 1.29 is 4.79 Å². The number of hydrogen-bond donors (Lipinski definition) is 1. The largest absolute Gasteiger partial charge is 0.342 e. The molecule has 1 heterocycles. The molecule has 0 spiro atoms. The second-order valence-corrected chi connectivity index (χ2v) is 7.18. The van der Waals surface area contributed by atoms with E-state index >= 15 is 0 Å². The second kappa shape index (κ2) is 9.24. The molecule has 0 fully saturated rings. The molecule has 1 amide bonds. The number of carbonyl (C=O) groups is 1. The number of hydrogen-bond acceptors (Lipinski definition) is 4. The maximum Gasteiger partial charge on any atom is 0.251 e. The first-order valence-corrected chi connectivity index (χ1v) is 10.3. The quantitative estimate of drug-likeness (QED) is 0.638. The Balaban J connectivity index is 1.96. The molecule has 2 aromatic carbocycles. The van der Waals surface area contributed by atoms with Crippen LogP contribution in [0.5, 0.6) is 0 Å². The van der Waals surface area contributed by atoms with Crippen molar-refractivity contribution in [3.05, 3.63) is 66.0 Å². The fourth-order valence-electron chi connectivity index (χ4n) is 3.09. The van der Waals surface area contributed by atoms with E-state index in [1.54, 1.807) is 23.9 Å². The Morgan fingerprint density at radius 3 is 2.70 bits per heavy atom. The van der Waals surface area contributed by atoms with Crippen LogP contribution in [0.3, 0.4) is 0 Å². The minimum atomic E-state index is -0.212. The lowest BCUT2D eigenvalue weighted by Gasteiger charge is -2.19. The van der Waals surface area contributed by atoms with E-state index in [0.29, 0.717) is 18.5 Å². The Bertz CT molecular complexity index is 946. The molecular weight excluding hydrogens is 356 g/mol. The molecule has 1 N–H and O–H groups in total. The highest BCUT2D eigenvalue weighted by Gasteiger charge is 2.22. The SMILES string of the molecule is CSCCC(NC(=O)c1ccccc1)c1nc2ccccc2n1CCC#N. The molecule has 0 aliphatic heterocycles. The summed E-state index contributed by atoms with van der Waals surface area (Å²) >= 11 is 1.74. The highest BCUT2D eigenvalue weighted by Crippen LogP contribution is 2.25. The summed E-state index contributed by atoms with van der Waals surface area (Å²) in [4.78, 5) is 17.5. The summed E-state index contributed by atoms with van der Waals surface area (Å²) in [5, 5.41) is 12.2. The monoisotopic (exact) mass is 378 g/mol. The number of nitrogens with zero attached hydrogens (tertiary/aromatic N) is 3. The number of imidazole rings is 1. The third-order valence-corrected chi connectivity index (χ3v) is 5.04. The van der Waals surface area contributed by atoms with Gasteiger partial charge in [0.1, 0.15) is 5.82 Å². The van der Waals surface area contributed by atoms with Gasteiger partial charge >= 0.3 is 0 Å². The van der Waals surface area contributed by atoms with Gasteiger partial charge in [0.05, 0.1) is 29.6 Å². The fraction of sp³-hybridized carbons (Fsp3) is 0.286. The molecule has 3 aromatic rings. The van der Waals surface area contributed by atoms with Crippen molar-refractivity contribution in [2.75, 3.05) is 12.0 Å². The van der Waals surface area contributed by atoms with Gasteiger partial charge < -0.3 is 9.88 Å². The normalized spacial score (nSPS) is 11.9. The topological polar surface area (TPSA) is 70.7 Å². The first-order valence-electron chi connectivity index (χ1n) is 8.91. The van der Waals surface area contributed by atoms with Crippen molar-refractivity contribution in [2.45, 2.75) is 25.4 Å². The van der Waals surface area contributed by atoms with E-state index in [4.69, 9.17) is 10.2 Å². The smallest absolute Gasteiger partial charge is 0.251 e. The van der Waals surface area contributed by atoms with Gasteiger partial charge in [-0.05, 0) is 42.7 Å². The minimum absolute atomic E-state index is 0.111. The van der Waals surface area contributed by atoms with Crippen molar-refractivity contribution >= 4 is 28.7 Å². The number of benzene rings is 2. The molecule has 0 saturated carbocycles. The van der Waals surface area contributed by atoms with Crippen molar-refractivity contribution in [3.63, 3.8) is 0 Å². The Morgan fingerprint density at radius 1 is 1.22 bits per heavy atom. The zero-order valence-electron chi connectivity index (χ0n) is 15.3. The first-order chi connectivity index (χ1) is 13.2. The van der Waals surface area contributed by atoms with Crippen LogP contribution in [0.4, 0.5) is 0 Å². The van der Waals surface area contributed by atoms with Crippen LogP contribution in [0.1, 0.15) is 35.1 Å². The highest BCUT2D eigenvalue weighted by atomic mass is 32.2. The Labute approximate surface area is 163 Å². The van der Waals surface area contributed by atoms with Gasteiger partial charge in [-0.3, -0.25) is 4.79 Å². The number of nitrogens with one attached hydrogen (secondary N) is 1. The molecular formula is C21H22N4OS. The molecule has 27 heavy (non-hydrogen) atoms. The summed E-state index contributed by atoms with van der Waals surface area (Å²) < 4.78 is 2.06. The number of aryl methyl sites for hydroxylation is 1. The summed E-state index contributed by atoms with van der Waals surface area (Å²) in [5.41, 5.74) is 2.51. The van der Waals surface area contributed by atoms with Gasteiger partial charge in [0, 0.05) is 12.1 Å². The molecule has 1 aromatic heterocycles. The molecule has 6 heteroatoms. The second-order valence-electron chi connectivity index (χ2n) is 6.19. The summed E-state index contributed by atoms with van der Waals surface area (Å²) in [7, 11) is 0. The molecule has 1 unspecified atom stereocenters. The number of fused-ring (bicyclic) bond motifs is 1. The standard InChI is InChI=1S/C21H22N4OS/c1-27-15-12-18(24-21(26)16-8-3-2-4-9-16)20-23-17-10-5-6-11-19(17)25(20)14-7-13-22/h2-6,8-11,18H,7,12,14-15H2,1H3,(H,24,26). The van der Waals surface area contributed by atoms with Crippen molar-refractivity contribution in [3.8, 4) is 6.07 Å². The van der Waals surface area contributed by atoms with Crippen molar-refractivity contribution in [1.82, 2.24) is 14.9 Å². The summed E-state index contributed by atoms with van der Waals surface area (Å²) in [6.45, 7) is 0.559. The van der Waals surface area contributed by atoms with Gasteiger partial charge in [0.25, 0.3) is 5.91 Å². The van der Waals surface area contributed by atoms with Crippen LogP contribution in [-0.4, -0.2) is 27.5 Å². The van der Waals surface area contributed by atoms with Crippen LogP contribution in [0, 0.1) is 11.3 Å². The van der Waals surface area contributed by atoms with E-state index in [1.807, 2.05) is 42.5 Å². The van der Waals surface area contributed by atoms with Crippen LogP contribution in [0.2, 0.25) is 0 Å². The number of amides is 1. The van der Waals surface area contributed by atoms with Gasteiger partial charge in [0.2, 0.25) is 0 Å². The van der Waals surface area contributed by atoms with Gasteiger partial charge in [-0.25, -0.2) is 4.98 Å². The zero-order valence-corrected chi connectivity index (χ0v) is 16.1. The lowest BCUT2D eigenvalue weighted by molar-refractivity contribution is 0.0933. The number of para-hydroxylation sites is 2. The van der Waals surface area contributed by atoms with Crippen molar-refractivity contribution in [1.29, 1.82) is 5.26 Å². The van der Waals surface area contributed by atoms with E-state index in [-0.39, 0.29) is 11.9 Å². The van der Waals surface area contributed by atoms with Crippen LogP contribution in [0.25, 0.3) is 11.0 Å². The van der Waals surface area contributed by atoms with E-state index < -0.39 is 0 Å². The van der Waals surface area contributed by atoms with Crippen LogP contribution >= 0.6 is 11.8 Å². The number of aromatic nitrogens is 2. The number of thioether (sulfide) groups is 1. The van der Waals surface area contributed by atoms with Crippen LogP contribution in [0.15, 0.2) is 54.6 Å². The number of rotatable bonds is 8. The van der Waals surface area contributed by atoms with Crippen molar-refractivity contribution in [2.24, 2.45) is 0 Å². The van der Waals surface area contributed by atoms with Crippen LogP contribution in [-0.2, 0) is 6.54 Å². The molecule has 1 atom stereocenters. The Kier molecular flexibility index (Phi) is 6.50. The minimum Gasteiger partial charge on any atom is -0.342 e. The fourth-order valence-corrected chi connectivity index (χ4v) is 3.56. The van der Waals surface area contributed by atoms with E-state index in [1.165, 1.54) is 0 Å². The zero-order chi connectivity index (χ0) is 19.1. The predicted octanol–water partition coefficient (Wildman–Crippen LogP) is 4.17.